The number of hydrogen-bond donors (Lipinski definition) is 2. The van der Waals surface area contributed by atoms with Crippen LogP contribution in [0, 0.1) is 0 Å². The largest absolute Gasteiger partial charge is 0.490 e. The van der Waals surface area contributed by atoms with E-state index in [0.717, 1.165) is 41.9 Å². The number of likely N-dealkylation sites (N-methyl/N-ethyl adjacent to an activating group) is 1. The van der Waals surface area contributed by atoms with Crippen LogP contribution in [-0.2, 0) is 26.0 Å². The zero-order chi connectivity index (χ0) is 30.2. The molecule has 1 amide bonds. The van der Waals surface area contributed by atoms with Gasteiger partial charge in [-0.15, -0.1) is 0 Å². The Morgan fingerprint density at radius 1 is 0.976 bits per heavy atom. The Morgan fingerprint density at radius 2 is 1.61 bits per heavy atom. The maximum Gasteiger partial charge on any atom is 0.490 e. The van der Waals surface area contributed by atoms with Crippen LogP contribution in [0.1, 0.15) is 17.5 Å². The summed E-state index contributed by atoms with van der Waals surface area (Å²) < 4.78 is 59.3. The van der Waals surface area contributed by atoms with Crippen LogP contribution in [0.2, 0.25) is 0 Å². The first-order valence-corrected chi connectivity index (χ1v) is 14.1. The number of sulfonamides is 1. The number of nitrogens with zero attached hydrogens (tertiary/aromatic N) is 3. The van der Waals surface area contributed by atoms with Crippen molar-refractivity contribution in [3.8, 4) is 0 Å². The Labute approximate surface area is 236 Å². The van der Waals surface area contributed by atoms with Crippen LogP contribution >= 0.6 is 0 Å². The van der Waals surface area contributed by atoms with Crippen molar-refractivity contribution in [3.05, 3.63) is 77.9 Å². The van der Waals surface area contributed by atoms with Gasteiger partial charge < -0.3 is 15.3 Å². The number of carboxylic acids is 1. The van der Waals surface area contributed by atoms with Crippen molar-refractivity contribution in [2.24, 2.45) is 4.99 Å². The second kappa shape index (κ2) is 13.6. The van der Waals surface area contributed by atoms with Crippen LogP contribution < -0.4 is 5.32 Å². The molecule has 0 radical (unpaired) electrons. The van der Waals surface area contributed by atoms with E-state index in [1.165, 1.54) is 11.4 Å². The Hall–Kier alpha value is -3.97. The summed E-state index contributed by atoms with van der Waals surface area (Å²) in [7, 11) is -0.425. The van der Waals surface area contributed by atoms with Gasteiger partial charge in [-0.05, 0) is 23.4 Å². The van der Waals surface area contributed by atoms with E-state index in [1.54, 1.807) is 30.1 Å². The van der Waals surface area contributed by atoms with Gasteiger partial charge in [-0.1, -0.05) is 60.7 Å². The summed E-state index contributed by atoms with van der Waals surface area (Å²) in [4.78, 5) is 27.9. The van der Waals surface area contributed by atoms with E-state index in [-0.39, 0.29) is 23.8 Å². The Bertz CT molecular complexity index is 1500. The third kappa shape index (κ3) is 8.51. The highest BCUT2D eigenvalue weighted by molar-refractivity contribution is 7.89. The van der Waals surface area contributed by atoms with Gasteiger partial charge in [-0.3, -0.25) is 9.79 Å². The van der Waals surface area contributed by atoms with Gasteiger partial charge in [-0.25, -0.2) is 17.5 Å². The number of carbonyl (C=O) groups is 2. The molecular weight excluding hydrogens is 561 g/mol. The molecule has 2 N–H and O–H groups in total. The Morgan fingerprint density at radius 3 is 2.22 bits per heavy atom. The number of aliphatic imine (C=N–C) groups is 1. The lowest BCUT2D eigenvalue weighted by Gasteiger charge is -2.21. The van der Waals surface area contributed by atoms with Crippen molar-refractivity contribution < 1.29 is 36.3 Å². The van der Waals surface area contributed by atoms with E-state index >= 15 is 0 Å². The van der Waals surface area contributed by atoms with E-state index in [2.05, 4.69) is 22.4 Å². The molecule has 0 atom stereocenters. The number of rotatable bonds is 9. The summed E-state index contributed by atoms with van der Waals surface area (Å²) in [5.41, 5.74) is 2.21. The van der Waals surface area contributed by atoms with Crippen molar-refractivity contribution in [1.29, 1.82) is 0 Å². The molecule has 0 unspecified atom stereocenters. The number of amidine groups is 1. The first-order chi connectivity index (χ1) is 19.3. The second-order valence-electron chi connectivity index (χ2n) is 9.28. The van der Waals surface area contributed by atoms with Crippen LogP contribution in [0.25, 0.3) is 10.8 Å². The third-order valence-electron chi connectivity index (χ3n) is 6.38. The zero-order valence-electron chi connectivity index (χ0n) is 22.6. The molecule has 0 saturated carbocycles. The van der Waals surface area contributed by atoms with Crippen LogP contribution in [0.5, 0.6) is 0 Å². The lowest BCUT2D eigenvalue weighted by atomic mass is 10.1. The molecule has 0 saturated heterocycles. The van der Waals surface area contributed by atoms with Gasteiger partial charge in [0.2, 0.25) is 15.9 Å². The Kier molecular flexibility index (Phi) is 10.5. The SMILES string of the molecule is CN(CCc1ccc(C2=NCCN2)cc1)C(=O)CCN(C)S(=O)(=O)c1cccc2ccccc12.O=C(O)C(F)(F)F. The van der Waals surface area contributed by atoms with E-state index in [1.807, 2.05) is 36.4 Å². The molecule has 13 heteroatoms. The minimum atomic E-state index is -5.08. The number of halogens is 3. The van der Waals surface area contributed by atoms with Gasteiger partial charge in [0.15, 0.2) is 0 Å². The number of hydrogen-bond acceptors (Lipinski definition) is 6. The summed E-state index contributed by atoms with van der Waals surface area (Å²) in [6.45, 7) is 2.38. The van der Waals surface area contributed by atoms with Gasteiger partial charge in [0.25, 0.3) is 0 Å². The molecule has 220 valence electrons. The highest BCUT2D eigenvalue weighted by atomic mass is 32.2. The van der Waals surface area contributed by atoms with Crippen molar-refractivity contribution in [3.63, 3.8) is 0 Å². The minimum absolute atomic E-state index is 0.0823. The second-order valence-corrected chi connectivity index (χ2v) is 11.3. The molecule has 1 heterocycles. The molecule has 41 heavy (non-hydrogen) atoms. The molecule has 4 rings (SSSR count). The summed E-state index contributed by atoms with van der Waals surface area (Å²) in [6.07, 6.45) is -4.23. The number of fused-ring (bicyclic) bond motifs is 1. The monoisotopic (exact) mass is 592 g/mol. The van der Waals surface area contributed by atoms with E-state index in [0.29, 0.717) is 11.9 Å². The fraction of sp³-hybridized carbons (Fsp3) is 0.321. The maximum atomic E-state index is 13.2. The number of nitrogens with one attached hydrogen (secondary N) is 1. The van der Waals surface area contributed by atoms with Gasteiger partial charge in [0.05, 0.1) is 11.4 Å². The normalized spacial score (nSPS) is 13.3. The fourth-order valence-corrected chi connectivity index (χ4v) is 5.38. The minimum Gasteiger partial charge on any atom is -0.475 e. The molecule has 3 aromatic carbocycles. The van der Waals surface area contributed by atoms with Crippen LogP contribution in [-0.4, -0.2) is 86.9 Å². The first-order valence-electron chi connectivity index (χ1n) is 12.7. The molecule has 0 spiro atoms. The number of amides is 1. The van der Waals surface area contributed by atoms with E-state index in [4.69, 9.17) is 9.90 Å². The molecule has 0 aliphatic carbocycles. The van der Waals surface area contributed by atoms with Crippen molar-refractivity contribution in [2.45, 2.75) is 23.9 Å². The molecule has 1 aliphatic rings. The standard InChI is InChI=1S/C26H30N4O3S.C2HF3O2/c1-29(18-14-20-10-12-22(13-11-20)26-27-16-17-28-26)25(31)15-19-30(2)34(32,33)24-9-5-7-21-6-3-4-8-23(21)24;3-2(4,5)1(6)7/h3-13H,14-19H2,1-2H3,(H,27,28);(H,6,7). The molecule has 0 fully saturated rings. The average molecular weight is 593 g/mol. The lowest BCUT2D eigenvalue weighted by Crippen LogP contribution is -2.34. The number of alkyl halides is 3. The zero-order valence-corrected chi connectivity index (χ0v) is 23.4. The van der Waals surface area contributed by atoms with Crippen LogP contribution in [0.3, 0.4) is 0 Å². The number of aliphatic carboxylic acids is 1. The predicted molar refractivity (Wildman–Crippen MR) is 149 cm³/mol. The summed E-state index contributed by atoms with van der Waals surface area (Å²) in [5.74, 6) is -1.91. The van der Waals surface area contributed by atoms with Crippen molar-refractivity contribution in [1.82, 2.24) is 14.5 Å². The molecular formula is C28H31F3N4O5S. The summed E-state index contributed by atoms with van der Waals surface area (Å²) >= 11 is 0. The van der Waals surface area contributed by atoms with Crippen LogP contribution in [0.15, 0.2) is 76.6 Å². The van der Waals surface area contributed by atoms with Crippen LogP contribution in [0.4, 0.5) is 13.2 Å². The highest BCUT2D eigenvalue weighted by Gasteiger charge is 2.38. The molecule has 1 aliphatic heterocycles. The van der Waals surface area contributed by atoms with Gasteiger partial charge >= 0.3 is 12.1 Å². The van der Waals surface area contributed by atoms with Gasteiger partial charge in [-0.2, -0.15) is 13.2 Å². The quantitative estimate of drug-likeness (QED) is 0.393. The smallest absolute Gasteiger partial charge is 0.475 e. The molecule has 9 nitrogen and oxygen atoms in total. The van der Waals surface area contributed by atoms with Crippen molar-refractivity contribution in [2.75, 3.05) is 40.3 Å². The van der Waals surface area contributed by atoms with E-state index < -0.39 is 22.2 Å². The third-order valence-corrected chi connectivity index (χ3v) is 8.30. The molecule has 0 aromatic heterocycles. The number of carboxylic acid groups (broad SMARTS) is 1. The average Bonchev–Trinajstić information content (AvgIpc) is 3.49. The summed E-state index contributed by atoms with van der Waals surface area (Å²) in [5, 5.41) is 11.9. The maximum absolute atomic E-state index is 13.2. The molecule has 0 bridgehead atoms. The van der Waals surface area contributed by atoms with E-state index in [9.17, 15) is 26.4 Å². The fourth-order valence-electron chi connectivity index (χ4n) is 3.99. The topological polar surface area (TPSA) is 119 Å². The van der Waals surface area contributed by atoms with Gasteiger partial charge in [0.1, 0.15) is 5.84 Å². The summed E-state index contributed by atoms with van der Waals surface area (Å²) in [6, 6.07) is 20.8. The van der Waals surface area contributed by atoms with Gasteiger partial charge in [0, 0.05) is 51.1 Å². The number of carbonyl (C=O) groups excluding carboxylic acids is 1. The molecule has 3 aromatic rings. The van der Waals surface area contributed by atoms with Crippen molar-refractivity contribution >= 4 is 38.5 Å². The highest BCUT2D eigenvalue weighted by Crippen LogP contribution is 2.25. The first kappa shape index (κ1) is 31.6. The predicted octanol–water partition coefficient (Wildman–Crippen LogP) is 3.53. The lowest BCUT2D eigenvalue weighted by molar-refractivity contribution is -0.192. The number of benzene rings is 3. The Balaban J connectivity index is 0.000000587.